The Balaban J connectivity index is 1.56. The highest BCUT2D eigenvalue weighted by Crippen LogP contribution is 2.25. The number of nitrogens with zero attached hydrogens (tertiary/aromatic N) is 1. The fraction of sp³-hybridized carbons (Fsp3) is 0.238. The molecular weight excluding hydrogens is 390 g/mol. The highest BCUT2D eigenvalue weighted by Gasteiger charge is 2.32. The van der Waals surface area contributed by atoms with Crippen molar-refractivity contribution in [1.29, 1.82) is 0 Å². The first-order chi connectivity index (χ1) is 13.9. The number of rotatable bonds is 6. The van der Waals surface area contributed by atoms with E-state index in [-0.39, 0.29) is 18.2 Å². The van der Waals surface area contributed by atoms with Crippen molar-refractivity contribution in [3.63, 3.8) is 0 Å². The summed E-state index contributed by atoms with van der Waals surface area (Å²) in [5, 5.41) is 5.38. The number of aliphatic imine (C=N–C) groups is 1. The Morgan fingerprint density at radius 3 is 2.48 bits per heavy atom. The van der Waals surface area contributed by atoms with Crippen molar-refractivity contribution in [1.82, 2.24) is 5.32 Å². The van der Waals surface area contributed by atoms with Crippen LogP contribution in [0.15, 0.2) is 53.5 Å². The van der Waals surface area contributed by atoms with Crippen molar-refractivity contribution in [2.45, 2.75) is 25.5 Å². The molecule has 0 aromatic heterocycles. The fourth-order valence-electron chi connectivity index (χ4n) is 2.61. The van der Waals surface area contributed by atoms with Gasteiger partial charge in [0, 0.05) is 12.1 Å². The van der Waals surface area contributed by atoms with Crippen LogP contribution in [-0.2, 0) is 14.3 Å². The molecule has 2 aromatic carbocycles. The van der Waals surface area contributed by atoms with Gasteiger partial charge in [-0.3, -0.25) is 9.59 Å². The maximum atomic E-state index is 12.3. The van der Waals surface area contributed by atoms with Gasteiger partial charge in [0.05, 0.1) is 17.9 Å². The molecule has 150 valence electrons. The Hall–Kier alpha value is -3.13. The molecule has 1 saturated heterocycles. The van der Waals surface area contributed by atoms with E-state index in [0.717, 1.165) is 11.3 Å². The summed E-state index contributed by atoms with van der Waals surface area (Å²) in [6.07, 6.45) is 0.0169. The van der Waals surface area contributed by atoms with E-state index >= 15 is 0 Å². The molecular formula is C21H21N3O4S. The molecule has 0 spiro atoms. The van der Waals surface area contributed by atoms with Crippen LogP contribution in [0.4, 0.5) is 11.4 Å². The van der Waals surface area contributed by atoms with Crippen LogP contribution in [0, 0.1) is 6.92 Å². The normalized spacial score (nSPS) is 17.1. The molecule has 0 saturated carbocycles. The highest BCUT2D eigenvalue weighted by atomic mass is 32.2. The first-order valence-electron chi connectivity index (χ1n) is 9.14. The van der Waals surface area contributed by atoms with Crippen LogP contribution < -0.4 is 10.6 Å². The molecule has 1 aliphatic rings. The smallest absolute Gasteiger partial charge is 0.338 e. The van der Waals surface area contributed by atoms with Crippen LogP contribution in [0.2, 0.25) is 0 Å². The number of carbonyl (C=O) groups is 3. The van der Waals surface area contributed by atoms with Gasteiger partial charge in [-0.15, -0.1) is 0 Å². The van der Waals surface area contributed by atoms with Crippen molar-refractivity contribution in [3.05, 3.63) is 59.7 Å². The molecule has 0 radical (unpaired) electrons. The number of hydrogen-bond acceptors (Lipinski definition) is 6. The molecule has 0 unspecified atom stereocenters. The Morgan fingerprint density at radius 1 is 1.14 bits per heavy atom. The number of esters is 1. The quantitative estimate of drug-likeness (QED) is 0.710. The number of amidine groups is 1. The molecule has 29 heavy (non-hydrogen) atoms. The Bertz CT molecular complexity index is 939. The standard InChI is InChI=1S/C21H21N3O4S/c1-3-28-20(27)14-6-10-15(11-7-14)22-18(25)12-17-19(26)24-21(29-17)23-16-8-4-13(2)5-9-16/h4-11,17H,3,12H2,1-2H3,(H,22,25)(H,23,24,26)/t17-/m1/s1. The second-order valence-corrected chi connectivity index (χ2v) is 7.59. The van der Waals surface area contributed by atoms with E-state index in [1.54, 1.807) is 31.2 Å². The van der Waals surface area contributed by atoms with Crippen LogP contribution in [0.5, 0.6) is 0 Å². The van der Waals surface area contributed by atoms with Crippen LogP contribution in [-0.4, -0.2) is 34.8 Å². The van der Waals surface area contributed by atoms with Gasteiger partial charge in [0.1, 0.15) is 5.25 Å². The van der Waals surface area contributed by atoms with E-state index in [1.807, 2.05) is 31.2 Å². The summed E-state index contributed by atoms with van der Waals surface area (Å²) in [5.41, 5.74) is 2.82. The lowest BCUT2D eigenvalue weighted by Gasteiger charge is -2.08. The minimum atomic E-state index is -0.544. The van der Waals surface area contributed by atoms with E-state index in [9.17, 15) is 14.4 Å². The van der Waals surface area contributed by atoms with Crippen molar-refractivity contribution in [2.24, 2.45) is 4.99 Å². The predicted octanol–water partition coefficient (Wildman–Crippen LogP) is 3.42. The summed E-state index contributed by atoms with van der Waals surface area (Å²) in [6.45, 7) is 4.02. The number of ether oxygens (including phenoxy) is 1. The van der Waals surface area contributed by atoms with Gasteiger partial charge in [-0.1, -0.05) is 29.5 Å². The molecule has 1 atom stereocenters. The minimum absolute atomic E-state index is 0.0169. The van der Waals surface area contributed by atoms with Crippen LogP contribution >= 0.6 is 11.8 Å². The summed E-state index contributed by atoms with van der Waals surface area (Å²) < 4.78 is 4.92. The van der Waals surface area contributed by atoms with Crippen molar-refractivity contribution < 1.29 is 19.1 Å². The van der Waals surface area contributed by atoms with Gasteiger partial charge < -0.3 is 15.4 Å². The second-order valence-electron chi connectivity index (χ2n) is 6.40. The first-order valence-corrected chi connectivity index (χ1v) is 10.0. The van der Waals surface area contributed by atoms with Crippen molar-refractivity contribution in [2.75, 3.05) is 11.9 Å². The van der Waals surface area contributed by atoms with Crippen molar-refractivity contribution >= 4 is 46.1 Å². The van der Waals surface area contributed by atoms with Crippen LogP contribution in [0.25, 0.3) is 0 Å². The molecule has 1 heterocycles. The predicted molar refractivity (Wildman–Crippen MR) is 113 cm³/mol. The van der Waals surface area contributed by atoms with Gasteiger partial charge in [0.25, 0.3) is 0 Å². The zero-order valence-electron chi connectivity index (χ0n) is 16.1. The van der Waals surface area contributed by atoms with Gasteiger partial charge in [-0.05, 0) is 50.2 Å². The largest absolute Gasteiger partial charge is 0.462 e. The fourth-order valence-corrected chi connectivity index (χ4v) is 3.60. The zero-order chi connectivity index (χ0) is 20.8. The molecule has 8 heteroatoms. The van der Waals surface area contributed by atoms with Gasteiger partial charge >= 0.3 is 5.97 Å². The maximum Gasteiger partial charge on any atom is 0.338 e. The summed E-state index contributed by atoms with van der Waals surface area (Å²) in [6, 6.07) is 14.0. The third-order valence-electron chi connectivity index (χ3n) is 4.09. The van der Waals surface area contributed by atoms with E-state index in [0.29, 0.717) is 23.0 Å². The Labute approximate surface area is 172 Å². The molecule has 1 fully saturated rings. The average Bonchev–Trinajstić information content (AvgIpc) is 3.03. The summed E-state index contributed by atoms with van der Waals surface area (Å²) >= 11 is 1.24. The number of benzene rings is 2. The maximum absolute atomic E-state index is 12.3. The molecule has 0 bridgehead atoms. The van der Waals surface area contributed by atoms with Crippen LogP contribution in [0.1, 0.15) is 29.3 Å². The van der Waals surface area contributed by atoms with Gasteiger partial charge in [-0.2, -0.15) is 0 Å². The lowest BCUT2D eigenvalue weighted by molar-refractivity contribution is -0.122. The van der Waals surface area contributed by atoms with E-state index in [4.69, 9.17) is 4.74 Å². The molecule has 3 rings (SSSR count). The zero-order valence-corrected chi connectivity index (χ0v) is 16.9. The number of thioether (sulfide) groups is 1. The molecule has 1 aliphatic heterocycles. The number of aryl methyl sites for hydroxylation is 1. The topological polar surface area (TPSA) is 96.9 Å². The third kappa shape index (κ3) is 5.68. The average molecular weight is 411 g/mol. The molecule has 2 amide bonds. The monoisotopic (exact) mass is 411 g/mol. The molecule has 7 nitrogen and oxygen atoms in total. The first kappa shape index (κ1) is 20.6. The van der Waals surface area contributed by atoms with E-state index < -0.39 is 11.2 Å². The SMILES string of the molecule is CCOC(=O)c1ccc(NC(=O)C[C@H]2SC(=Nc3ccc(C)cc3)NC2=O)cc1. The highest BCUT2D eigenvalue weighted by molar-refractivity contribution is 8.15. The van der Waals surface area contributed by atoms with E-state index in [1.165, 1.54) is 11.8 Å². The number of amides is 2. The molecule has 2 N–H and O–H groups in total. The van der Waals surface area contributed by atoms with Gasteiger partial charge in [0.2, 0.25) is 11.8 Å². The number of nitrogens with one attached hydrogen (secondary N) is 2. The summed E-state index contributed by atoms with van der Waals surface area (Å²) in [4.78, 5) is 40.5. The summed E-state index contributed by atoms with van der Waals surface area (Å²) in [5.74, 6) is -0.948. The number of anilines is 1. The number of hydrogen-bond donors (Lipinski definition) is 2. The lowest BCUT2D eigenvalue weighted by atomic mass is 10.2. The third-order valence-corrected chi connectivity index (χ3v) is 5.17. The molecule has 2 aromatic rings. The Morgan fingerprint density at radius 2 is 1.83 bits per heavy atom. The Kier molecular flexibility index (Phi) is 6.66. The minimum Gasteiger partial charge on any atom is -0.462 e. The van der Waals surface area contributed by atoms with Gasteiger partial charge in [0.15, 0.2) is 5.17 Å². The summed E-state index contributed by atoms with van der Waals surface area (Å²) in [7, 11) is 0. The second kappa shape index (κ2) is 9.38. The van der Waals surface area contributed by atoms with Gasteiger partial charge in [-0.25, -0.2) is 9.79 Å². The van der Waals surface area contributed by atoms with Crippen LogP contribution in [0.3, 0.4) is 0 Å². The number of carbonyl (C=O) groups excluding carboxylic acids is 3. The van der Waals surface area contributed by atoms with Crippen molar-refractivity contribution in [3.8, 4) is 0 Å². The van der Waals surface area contributed by atoms with E-state index in [2.05, 4.69) is 15.6 Å². The lowest BCUT2D eigenvalue weighted by Crippen LogP contribution is -2.28. The molecule has 0 aliphatic carbocycles.